The average molecular weight is 562 g/mol. The second-order valence-corrected chi connectivity index (χ2v) is 9.66. The molecule has 0 aliphatic carbocycles. The van der Waals surface area contributed by atoms with Gasteiger partial charge < -0.3 is 5.32 Å². The van der Waals surface area contributed by atoms with Crippen molar-refractivity contribution in [2.24, 2.45) is 0 Å². The fourth-order valence-corrected chi connectivity index (χ4v) is 5.03. The molecule has 0 bridgehead atoms. The second-order valence-electron chi connectivity index (χ2n) is 8.80. The fourth-order valence-electron chi connectivity index (χ4n) is 4.65. The van der Waals surface area contributed by atoms with Crippen molar-refractivity contribution in [3.05, 3.63) is 105 Å². The molecule has 4 aromatic rings. The molecule has 186 valence electrons. The van der Waals surface area contributed by atoms with Crippen LogP contribution in [0.25, 0.3) is 17.0 Å². The minimum atomic E-state index is -0.599. The molecular formula is C28H22BrF2N5O. The molecule has 0 radical (unpaired) electrons. The number of amides is 1. The molecule has 0 saturated heterocycles. The third kappa shape index (κ3) is 5.31. The second kappa shape index (κ2) is 10.6. The van der Waals surface area contributed by atoms with Crippen LogP contribution < -0.4 is 5.32 Å². The minimum absolute atomic E-state index is 0.162. The van der Waals surface area contributed by atoms with E-state index in [1.165, 1.54) is 24.4 Å². The van der Waals surface area contributed by atoms with E-state index >= 15 is 0 Å². The van der Waals surface area contributed by atoms with Crippen molar-refractivity contribution in [2.75, 3.05) is 13.1 Å². The number of pyridine rings is 1. The van der Waals surface area contributed by atoms with E-state index in [9.17, 15) is 18.8 Å². The van der Waals surface area contributed by atoms with E-state index in [2.05, 4.69) is 37.2 Å². The van der Waals surface area contributed by atoms with E-state index in [-0.39, 0.29) is 18.4 Å². The molecule has 0 unspecified atom stereocenters. The Morgan fingerprint density at radius 3 is 2.86 bits per heavy atom. The molecule has 1 aliphatic rings. The highest BCUT2D eigenvalue weighted by Gasteiger charge is 2.26. The fraction of sp³-hybridized carbons (Fsp3) is 0.179. The lowest BCUT2D eigenvalue weighted by Gasteiger charge is -2.27. The largest absolute Gasteiger partial charge is 0.333 e. The SMILES string of the molecule is N#Cc1ccc2c(c1)c1c(n2C(=O)NCc2ccnc(F)c2)CCN(C/C=C/c2cc(F)ccc2Br)C1. The number of fused-ring (bicyclic) bond motifs is 3. The maximum absolute atomic E-state index is 13.6. The van der Waals surface area contributed by atoms with Crippen molar-refractivity contribution in [1.82, 2.24) is 19.8 Å². The van der Waals surface area contributed by atoms with Gasteiger partial charge in [0, 0.05) is 54.3 Å². The van der Waals surface area contributed by atoms with Crippen LogP contribution in [0.5, 0.6) is 0 Å². The van der Waals surface area contributed by atoms with E-state index in [1.807, 2.05) is 18.2 Å². The van der Waals surface area contributed by atoms with Gasteiger partial charge in [0.1, 0.15) is 5.82 Å². The molecular weight excluding hydrogens is 540 g/mol. The number of aromatic nitrogens is 2. The third-order valence-electron chi connectivity index (χ3n) is 6.41. The van der Waals surface area contributed by atoms with Crippen molar-refractivity contribution in [2.45, 2.75) is 19.5 Å². The molecule has 1 aliphatic heterocycles. The summed E-state index contributed by atoms with van der Waals surface area (Å²) in [7, 11) is 0. The van der Waals surface area contributed by atoms with Crippen LogP contribution in [0.4, 0.5) is 13.6 Å². The van der Waals surface area contributed by atoms with Crippen molar-refractivity contribution >= 4 is 38.9 Å². The zero-order valence-electron chi connectivity index (χ0n) is 19.7. The van der Waals surface area contributed by atoms with E-state index in [4.69, 9.17) is 0 Å². The van der Waals surface area contributed by atoms with Gasteiger partial charge in [0.25, 0.3) is 0 Å². The lowest BCUT2D eigenvalue weighted by Crippen LogP contribution is -2.34. The normalized spacial score (nSPS) is 13.6. The van der Waals surface area contributed by atoms with Crippen LogP contribution in [0.3, 0.4) is 0 Å². The summed E-state index contributed by atoms with van der Waals surface area (Å²) < 4.78 is 29.5. The highest BCUT2D eigenvalue weighted by molar-refractivity contribution is 9.10. The van der Waals surface area contributed by atoms with Gasteiger partial charge in [-0.3, -0.25) is 9.47 Å². The Hall–Kier alpha value is -3.87. The van der Waals surface area contributed by atoms with Gasteiger partial charge in [-0.05, 0) is 65.2 Å². The van der Waals surface area contributed by atoms with Crippen molar-refractivity contribution in [3.8, 4) is 6.07 Å². The molecule has 9 heteroatoms. The van der Waals surface area contributed by atoms with Gasteiger partial charge >= 0.3 is 6.03 Å². The first-order valence-electron chi connectivity index (χ1n) is 11.7. The maximum atomic E-state index is 13.6. The topological polar surface area (TPSA) is 74.0 Å². The first-order valence-corrected chi connectivity index (χ1v) is 12.5. The summed E-state index contributed by atoms with van der Waals surface area (Å²) in [4.78, 5) is 19.1. The Balaban J connectivity index is 1.40. The Labute approximate surface area is 221 Å². The summed E-state index contributed by atoms with van der Waals surface area (Å²) in [6.45, 7) is 2.14. The van der Waals surface area contributed by atoms with Gasteiger partial charge in [-0.1, -0.05) is 28.1 Å². The highest BCUT2D eigenvalue weighted by atomic mass is 79.9. The van der Waals surface area contributed by atoms with Gasteiger partial charge in [0.05, 0.1) is 17.1 Å². The van der Waals surface area contributed by atoms with Gasteiger partial charge in [-0.15, -0.1) is 0 Å². The molecule has 2 aromatic carbocycles. The van der Waals surface area contributed by atoms with Crippen LogP contribution in [-0.2, 0) is 19.5 Å². The zero-order valence-corrected chi connectivity index (χ0v) is 21.3. The number of carbonyl (C=O) groups excluding carboxylic acids is 1. The molecule has 6 nitrogen and oxygen atoms in total. The number of nitrogens with zero attached hydrogens (tertiary/aromatic N) is 4. The van der Waals surface area contributed by atoms with Crippen LogP contribution in [-0.4, -0.2) is 33.6 Å². The summed E-state index contributed by atoms with van der Waals surface area (Å²) >= 11 is 3.45. The number of hydrogen-bond acceptors (Lipinski definition) is 4. The monoisotopic (exact) mass is 561 g/mol. The predicted octanol–water partition coefficient (Wildman–Crippen LogP) is 5.78. The van der Waals surface area contributed by atoms with Gasteiger partial charge in [-0.2, -0.15) is 9.65 Å². The highest BCUT2D eigenvalue weighted by Crippen LogP contribution is 2.32. The van der Waals surface area contributed by atoms with Crippen LogP contribution in [0.15, 0.2) is 65.3 Å². The summed E-state index contributed by atoms with van der Waals surface area (Å²) in [5.74, 6) is -0.891. The standard InChI is InChI=1S/C28H22BrF2N5O/c29-24-5-4-21(30)14-20(24)2-1-10-35-11-8-26-23(17-35)22-12-18(15-32)3-6-25(22)36(26)28(37)34-16-19-7-9-33-27(31)13-19/h1-7,9,12-14H,8,10-11,16-17H2,(H,34,37)/b2-1+. The Kier molecular flexibility index (Phi) is 7.12. The number of hydrogen-bond donors (Lipinski definition) is 1. The van der Waals surface area contributed by atoms with Crippen LogP contribution >= 0.6 is 15.9 Å². The van der Waals surface area contributed by atoms with E-state index < -0.39 is 5.95 Å². The number of halogens is 3. The lowest BCUT2D eigenvalue weighted by molar-refractivity contribution is 0.240. The first kappa shape index (κ1) is 24.8. The van der Waals surface area contributed by atoms with E-state index in [1.54, 1.807) is 28.8 Å². The summed E-state index contributed by atoms with van der Waals surface area (Å²) in [5, 5.41) is 13.2. The Morgan fingerprint density at radius 2 is 2.05 bits per heavy atom. The van der Waals surface area contributed by atoms with Crippen LogP contribution in [0.1, 0.15) is 27.9 Å². The summed E-state index contributed by atoms with van der Waals surface area (Å²) in [5.41, 5.74) is 4.52. The Bertz CT molecular complexity index is 1570. The van der Waals surface area contributed by atoms with Crippen molar-refractivity contribution < 1.29 is 13.6 Å². The summed E-state index contributed by atoms with van der Waals surface area (Å²) in [6, 6.07) is 14.7. The van der Waals surface area contributed by atoms with Gasteiger partial charge in [0.15, 0.2) is 0 Å². The lowest BCUT2D eigenvalue weighted by atomic mass is 10.0. The van der Waals surface area contributed by atoms with Gasteiger partial charge in [-0.25, -0.2) is 14.2 Å². The van der Waals surface area contributed by atoms with Crippen molar-refractivity contribution in [3.63, 3.8) is 0 Å². The molecule has 0 saturated carbocycles. The quantitative estimate of drug-likeness (QED) is 0.313. The Morgan fingerprint density at radius 1 is 1.19 bits per heavy atom. The predicted molar refractivity (Wildman–Crippen MR) is 141 cm³/mol. The number of benzene rings is 2. The number of nitriles is 1. The molecule has 1 N–H and O–H groups in total. The van der Waals surface area contributed by atoms with Crippen LogP contribution in [0, 0.1) is 23.1 Å². The summed E-state index contributed by atoms with van der Waals surface area (Å²) in [6.07, 6.45) is 5.88. The number of nitrogens with one attached hydrogen (secondary N) is 1. The molecule has 1 amide bonds. The molecule has 0 fully saturated rings. The van der Waals surface area contributed by atoms with E-state index in [0.29, 0.717) is 30.6 Å². The minimum Gasteiger partial charge on any atom is -0.333 e. The van der Waals surface area contributed by atoms with Crippen LogP contribution in [0.2, 0.25) is 0 Å². The maximum Gasteiger partial charge on any atom is 0.326 e. The molecule has 3 heterocycles. The molecule has 0 spiro atoms. The smallest absolute Gasteiger partial charge is 0.326 e. The number of carbonyl (C=O) groups is 1. The third-order valence-corrected chi connectivity index (χ3v) is 7.14. The molecule has 0 atom stereocenters. The number of rotatable bonds is 5. The van der Waals surface area contributed by atoms with E-state index in [0.717, 1.165) is 38.7 Å². The molecule has 5 rings (SSSR count). The molecule has 37 heavy (non-hydrogen) atoms. The van der Waals surface area contributed by atoms with Gasteiger partial charge in [0.2, 0.25) is 5.95 Å². The van der Waals surface area contributed by atoms with Crippen molar-refractivity contribution in [1.29, 1.82) is 5.26 Å². The zero-order chi connectivity index (χ0) is 25.9. The molecule has 2 aromatic heterocycles. The first-order chi connectivity index (χ1) is 17.9. The average Bonchev–Trinajstić information content (AvgIpc) is 3.22.